The van der Waals surface area contributed by atoms with Crippen LogP contribution < -0.4 is 14.8 Å². The minimum atomic E-state index is 0.164. The minimum Gasteiger partial charge on any atom is -0.493 e. The first kappa shape index (κ1) is 16.1. The molecule has 0 saturated carbocycles. The molecule has 0 radical (unpaired) electrons. The van der Waals surface area contributed by atoms with Gasteiger partial charge in [0.25, 0.3) is 0 Å². The van der Waals surface area contributed by atoms with Gasteiger partial charge in [-0.1, -0.05) is 26.8 Å². The molecule has 1 saturated heterocycles. The zero-order valence-electron chi connectivity index (χ0n) is 13.9. The molecule has 118 valence electrons. The van der Waals surface area contributed by atoms with Crippen molar-refractivity contribution < 1.29 is 9.47 Å². The summed E-state index contributed by atoms with van der Waals surface area (Å²) in [5, 5.41) is 3.43. The molecule has 1 atom stereocenters. The molecule has 0 aliphatic carbocycles. The molecule has 0 bridgehead atoms. The number of hydrogen-bond acceptors (Lipinski definition) is 4. The van der Waals surface area contributed by atoms with E-state index in [2.05, 4.69) is 43.1 Å². The number of nitrogens with one attached hydrogen (secondary N) is 1. The van der Waals surface area contributed by atoms with Crippen LogP contribution in [0, 0.1) is 5.41 Å². The summed E-state index contributed by atoms with van der Waals surface area (Å²) in [7, 11) is 3.37. The molecule has 1 aromatic carbocycles. The monoisotopic (exact) mass is 292 g/mol. The summed E-state index contributed by atoms with van der Waals surface area (Å²) in [6.45, 7) is 11.2. The van der Waals surface area contributed by atoms with Crippen molar-refractivity contribution in [2.75, 3.05) is 40.4 Å². The zero-order chi connectivity index (χ0) is 15.5. The van der Waals surface area contributed by atoms with Crippen molar-refractivity contribution in [2.24, 2.45) is 5.41 Å². The number of piperazine rings is 1. The van der Waals surface area contributed by atoms with Gasteiger partial charge < -0.3 is 14.8 Å². The Hall–Kier alpha value is -1.26. The molecule has 4 nitrogen and oxygen atoms in total. The third-order valence-corrected chi connectivity index (χ3v) is 4.06. The lowest BCUT2D eigenvalue weighted by molar-refractivity contribution is 0.0860. The number of nitrogens with zero attached hydrogens (tertiary/aromatic N) is 1. The number of benzene rings is 1. The van der Waals surface area contributed by atoms with Gasteiger partial charge in [-0.2, -0.15) is 0 Å². The first-order valence-electron chi connectivity index (χ1n) is 7.64. The average molecular weight is 292 g/mol. The molecule has 0 spiro atoms. The Morgan fingerprint density at radius 1 is 1.05 bits per heavy atom. The SMILES string of the molecule is COc1ccc([C@@H](N2CCNCC2)C(C)(C)C)cc1OC. The Kier molecular flexibility index (Phi) is 5.12. The third-order valence-electron chi connectivity index (χ3n) is 4.06. The Morgan fingerprint density at radius 2 is 1.67 bits per heavy atom. The third kappa shape index (κ3) is 3.69. The molecule has 1 heterocycles. The van der Waals surface area contributed by atoms with Crippen molar-refractivity contribution in [1.29, 1.82) is 0 Å². The normalized spacial score (nSPS) is 18.3. The molecule has 1 aliphatic heterocycles. The molecule has 0 amide bonds. The van der Waals surface area contributed by atoms with Crippen molar-refractivity contribution in [3.63, 3.8) is 0 Å². The quantitative estimate of drug-likeness (QED) is 0.925. The lowest BCUT2D eigenvalue weighted by atomic mass is 9.81. The maximum absolute atomic E-state index is 5.47. The van der Waals surface area contributed by atoms with E-state index in [-0.39, 0.29) is 5.41 Å². The molecule has 4 heteroatoms. The maximum Gasteiger partial charge on any atom is 0.161 e. The minimum absolute atomic E-state index is 0.164. The van der Waals surface area contributed by atoms with Gasteiger partial charge in [0.1, 0.15) is 0 Å². The summed E-state index contributed by atoms with van der Waals surface area (Å²) >= 11 is 0. The average Bonchev–Trinajstić information content (AvgIpc) is 2.47. The highest BCUT2D eigenvalue weighted by molar-refractivity contribution is 5.44. The van der Waals surface area contributed by atoms with Gasteiger partial charge in [0.15, 0.2) is 11.5 Å². The molecule has 1 fully saturated rings. The number of ether oxygens (including phenoxy) is 2. The molecule has 1 aromatic rings. The molecule has 0 aromatic heterocycles. The summed E-state index contributed by atoms with van der Waals surface area (Å²) in [6.07, 6.45) is 0. The zero-order valence-corrected chi connectivity index (χ0v) is 13.9. The van der Waals surface area contributed by atoms with Crippen LogP contribution in [0.3, 0.4) is 0 Å². The van der Waals surface area contributed by atoms with Crippen LogP contribution in [0.2, 0.25) is 0 Å². The Balaban J connectivity index is 2.36. The highest BCUT2D eigenvalue weighted by Crippen LogP contribution is 2.41. The fourth-order valence-corrected chi connectivity index (χ4v) is 3.22. The smallest absolute Gasteiger partial charge is 0.161 e. The molecular formula is C17H28N2O2. The van der Waals surface area contributed by atoms with E-state index in [9.17, 15) is 0 Å². The lowest BCUT2D eigenvalue weighted by Gasteiger charge is -2.42. The standard InChI is InChI=1S/C17H28N2O2/c1-17(2,3)16(19-10-8-18-9-11-19)13-6-7-14(20-4)15(12-13)21-5/h6-7,12,16,18H,8-11H2,1-5H3/t16-/m1/s1. The fourth-order valence-electron chi connectivity index (χ4n) is 3.22. The van der Waals surface area contributed by atoms with Crippen LogP contribution in [0.5, 0.6) is 11.5 Å². The van der Waals surface area contributed by atoms with Crippen LogP contribution in [0.25, 0.3) is 0 Å². The summed E-state index contributed by atoms with van der Waals surface area (Å²) in [4.78, 5) is 2.57. The van der Waals surface area contributed by atoms with Gasteiger partial charge in [-0.15, -0.1) is 0 Å². The Morgan fingerprint density at radius 3 is 2.19 bits per heavy atom. The molecule has 0 unspecified atom stereocenters. The van der Waals surface area contributed by atoms with Gasteiger partial charge >= 0.3 is 0 Å². The second-order valence-electron chi connectivity index (χ2n) is 6.67. The largest absolute Gasteiger partial charge is 0.493 e. The highest BCUT2D eigenvalue weighted by Gasteiger charge is 2.33. The van der Waals surface area contributed by atoms with Gasteiger partial charge in [-0.3, -0.25) is 4.90 Å². The predicted octanol–water partition coefficient (Wildman–Crippen LogP) is 2.70. The first-order valence-corrected chi connectivity index (χ1v) is 7.64. The van der Waals surface area contributed by atoms with Crippen LogP contribution >= 0.6 is 0 Å². The van der Waals surface area contributed by atoms with Gasteiger partial charge in [-0.05, 0) is 23.1 Å². The molecular weight excluding hydrogens is 264 g/mol. The summed E-state index contributed by atoms with van der Waals surface area (Å²) < 4.78 is 10.8. The topological polar surface area (TPSA) is 33.7 Å². The van der Waals surface area contributed by atoms with E-state index in [1.54, 1.807) is 14.2 Å². The van der Waals surface area contributed by atoms with Crippen molar-refractivity contribution in [2.45, 2.75) is 26.8 Å². The predicted molar refractivity (Wildman–Crippen MR) is 86.2 cm³/mol. The maximum atomic E-state index is 5.47. The van der Waals surface area contributed by atoms with E-state index in [1.807, 2.05) is 6.07 Å². The second kappa shape index (κ2) is 6.67. The summed E-state index contributed by atoms with van der Waals surface area (Å²) in [5.74, 6) is 1.59. The van der Waals surface area contributed by atoms with E-state index >= 15 is 0 Å². The fraction of sp³-hybridized carbons (Fsp3) is 0.647. The van der Waals surface area contributed by atoms with Crippen molar-refractivity contribution in [3.05, 3.63) is 23.8 Å². The second-order valence-corrected chi connectivity index (χ2v) is 6.67. The Labute approximate surface area is 128 Å². The molecule has 1 N–H and O–H groups in total. The van der Waals surface area contributed by atoms with Crippen LogP contribution in [0.15, 0.2) is 18.2 Å². The number of methoxy groups -OCH3 is 2. The molecule has 2 rings (SSSR count). The van der Waals surface area contributed by atoms with Crippen molar-refractivity contribution in [1.82, 2.24) is 10.2 Å². The van der Waals surface area contributed by atoms with Crippen molar-refractivity contribution in [3.8, 4) is 11.5 Å². The first-order chi connectivity index (χ1) is 9.97. The summed E-state index contributed by atoms with van der Waals surface area (Å²) in [5.41, 5.74) is 1.46. The molecule has 1 aliphatic rings. The van der Waals surface area contributed by atoms with Gasteiger partial charge in [0.2, 0.25) is 0 Å². The lowest BCUT2D eigenvalue weighted by Crippen LogP contribution is -2.48. The highest BCUT2D eigenvalue weighted by atomic mass is 16.5. The van der Waals surface area contributed by atoms with Crippen LogP contribution in [-0.4, -0.2) is 45.3 Å². The Bertz CT molecular complexity index is 462. The van der Waals surface area contributed by atoms with Crippen LogP contribution in [0.4, 0.5) is 0 Å². The van der Waals surface area contributed by atoms with E-state index in [4.69, 9.17) is 9.47 Å². The molecule has 21 heavy (non-hydrogen) atoms. The van der Waals surface area contributed by atoms with Crippen LogP contribution in [-0.2, 0) is 0 Å². The van der Waals surface area contributed by atoms with Gasteiger partial charge in [0.05, 0.1) is 14.2 Å². The van der Waals surface area contributed by atoms with E-state index in [0.29, 0.717) is 6.04 Å². The van der Waals surface area contributed by atoms with E-state index in [1.165, 1.54) is 5.56 Å². The summed E-state index contributed by atoms with van der Waals surface area (Å²) in [6, 6.07) is 6.67. The number of hydrogen-bond donors (Lipinski definition) is 1. The van der Waals surface area contributed by atoms with Gasteiger partial charge in [0, 0.05) is 32.2 Å². The van der Waals surface area contributed by atoms with Gasteiger partial charge in [-0.25, -0.2) is 0 Å². The van der Waals surface area contributed by atoms with Crippen LogP contribution in [0.1, 0.15) is 32.4 Å². The van der Waals surface area contributed by atoms with E-state index < -0.39 is 0 Å². The van der Waals surface area contributed by atoms with E-state index in [0.717, 1.165) is 37.7 Å². The van der Waals surface area contributed by atoms with Crippen molar-refractivity contribution >= 4 is 0 Å². The number of rotatable bonds is 4.